The van der Waals surface area contributed by atoms with Gasteiger partial charge in [-0.25, -0.2) is 4.79 Å². The van der Waals surface area contributed by atoms with Gasteiger partial charge in [0.15, 0.2) is 17.3 Å². The lowest BCUT2D eigenvalue weighted by Crippen LogP contribution is -2.34. The maximum absolute atomic E-state index is 13.3. The van der Waals surface area contributed by atoms with E-state index in [0.29, 0.717) is 46.7 Å². The number of Topliss-reactive ketones (excluding diaryl/α,β-unsaturated/α-hetero) is 1. The van der Waals surface area contributed by atoms with Gasteiger partial charge in [0.25, 0.3) is 0 Å². The highest BCUT2D eigenvalue weighted by atomic mass is 16.6. The molecule has 2 aliphatic rings. The molecule has 0 radical (unpaired) electrons. The zero-order chi connectivity index (χ0) is 25.7. The quantitative estimate of drug-likeness (QED) is 0.333. The highest BCUT2D eigenvalue weighted by Gasteiger charge is 2.39. The molecule has 1 atom stereocenters. The molecule has 1 heterocycles. The highest BCUT2D eigenvalue weighted by Crippen LogP contribution is 2.44. The number of methoxy groups -OCH3 is 1. The number of nitrogens with one attached hydrogen (secondary N) is 1. The predicted octanol–water partition coefficient (Wildman–Crippen LogP) is 4.21. The summed E-state index contributed by atoms with van der Waals surface area (Å²) in [5, 5.41) is 3.27. The number of hydrogen-bond donors (Lipinski definition) is 1. The van der Waals surface area contributed by atoms with Crippen molar-refractivity contribution in [2.75, 3.05) is 20.3 Å². The lowest BCUT2D eigenvalue weighted by molar-refractivity contribution is -0.140. The van der Waals surface area contributed by atoms with E-state index < -0.39 is 17.9 Å². The summed E-state index contributed by atoms with van der Waals surface area (Å²) in [5.74, 6) is -0.395. The van der Waals surface area contributed by atoms with Gasteiger partial charge in [0.2, 0.25) is 0 Å². The normalized spacial score (nSPS) is 17.2. The highest BCUT2D eigenvalue weighted by molar-refractivity contribution is 6.03. The number of rotatable bonds is 8. The second-order valence-electron chi connectivity index (χ2n) is 8.57. The van der Waals surface area contributed by atoms with Crippen LogP contribution in [0.25, 0.3) is 0 Å². The van der Waals surface area contributed by atoms with Crippen LogP contribution in [0.1, 0.15) is 44.6 Å². The maximum Gasteiger partial charge on any atom is 0.336 e. The van der Waals surface area contributed by atoms with Crippen LogP contribution >= 0.6 is 0 Å². The van der Waals surface area contributed by atoms with E-state index in [1.165, 1.54) is 14.0 Å². The molecule has 0 aromatic heterocycles. The van der Waals surface area contributed by atoms with Crippen LogP contribution in [0, 0.1) is 0 Å². The lowest BCUT2D eigenvalue weighted by Gasteiger charge is -2.34. The summed E-state index contributed by atoms with van der Waals surface area (Å²) < 4.78 is 21.9. The molecule has 0 bridgehead atoms. The van der Waals surface area contributed by atoms with E-state index in [1.54, 1.807) is 25.1 Å². The van der Waals surface area contributed by atoms with Crippen LogP contribution < -0.4 is 19.5 Å². The minimum absolute atomic E-state index is 0.0120. The minimum atomic E-state index is -0.642. The Labute approximate surface area is 209 Å². The van der Waals surface area contributed by atoms with E-state index in [1.807, 2.05) is 30.3 Å². The Balaban J connectivity index is 1.63. The van der Waals surface area contributed by atoms with Crippen LogP contribution in [-0.2, 0) is 19.1 Å². The monoisotopic (exact) mass is 491 g/mol. The Bertz CT molecular complexity index is 1230. The largest absolute Gasteiger partial charge is 0.493 e. The van der Waals surface area contributed by atoms with Crippen LogP contribution in [-0.4, -0.2) is 38.0 Å². The Hall–Kier alpha value is -4.07. The van der Waals surface area contributed by atoms with E-state index in [9.17, 15) is 14.4 Å². The van der Waals surface area contributed by atoms with Gasteiger partial charge in [-0.3, -0.25) is 9.59 Å². The number of benzene rings is 2. The van der Waals surface area contributed by atoms with Gasteiger partial charge in [-0.05, 0) is 49.6 Å². The number of ketones is 1. The van der Waals surface area contributed by atoms with Crippen LogP contribution in [0.3, 0.4) is 0 Å². The predicted molar refractivity (Wildman–Crippen MR) is 132 cm³/mol. The van der Waals surface area contributed by atoms with Gasteiger partial charge in [0, 0.05) is 36.2 Å². The average molecular weight is 492 g/mol. The molecule has 188 valence electrons. The summed E-state index contributed by atoms with van der Waals surface area (Å²) in [6.07, 6.45) is 1.87. The SMILES string of the molecule is COc1cc([C@@H]2C(C(=O)OCCOc3ccccc3)=C(C)NC3=C2C(=O)CCC3)ccc1OC(C)=O. The molecule has 8 nitrogen and oxygen atoms in total. The molecule has 1 N–H and O–H groups in total. The van der Waals surface area contributed by atoms with E-state index >= 15 is 0 Å². The van der Waals surface area contributed by atoms with Crippen LogP contribution in [0.2, 0.25) is 0 Å². The Morgan fingerprint density at radius 2 is 1.81 bits per heavy atom. The molecule has 0 amide bonds. The number of hydrogen-bond acceptors (Lipinski definition) is 8. The number of allylic oxidation sites excluding steroid dienone is 3. The molecule has 0 saturated carbocycles. The van der Waals surface area contributed by atoms with Crippen molar-refractivity contribution in [3.05, 3.63) is 76.6 Å². The van der Waals surface area contributed by atoms with E-state index in [-0.39, 0.29) is 24.7 Å². The van der Waals surface area contributed by atoms with Crippen molar-refractivity contribution in [1.29, 1.82) is 0 Å². The zero-order valence-corrected chi connectivity index (χ0v) is 20.6. The molecule has 4 rings (SSSR count). The summed E-state index contributed by atoms with van der Waals surface area (Å²) in [6, 6.07) is 14.3. The second-order valence-corrected chi connectivity index (χ2v) is 8.57. The average Bonchev–Trinajstić information content (AvgIpc) is 2.86. The smallest absolute Gasteiger partial charge is 0.336 e. The van der Waals surface area contributed by atoms with Crippen molar-refractivity contribution < 1.29 is 33.3 Å². The van der Waals surface area contributed by atoms with Crippen LogP contribution in [0.5, 0.6) is 17.2 Å². The number of esters is 2. The van der Waals surface area contributed by atoms with Crippen LogP contribution in [0.4, 0.5) is 0 Å². The molecule has 0 spiro atoms. The number of ether oxygens (including phenoxy) is 4. The first kappa shape index (κ1) is 25.0. The first-order valence-electron chi connectivity index (χ1n) is 11.8. The molecule has 2 aromatic rings. The van der Waals surface area contributed by atoms with Gasteiger partial charge in [-0.1, -0.05) is 24.3 Å². The molecular formula is C28H29NO7. The zero-order valence-electron chi connectivity index (χ0n) is 20.6. The van der Waals surface area contributed by atoms with Crippen molar-refractivity contribution in [2.24, 2.45) is 0 Å². The summed E-state index contributed by atoms with van der Waals surface area (Å²) in [6.45, 7) is 3.35. The van der Waals surface area contributed by atoms with Gasteiger partial charge >= 0.3 is 11.9 Å². The van der Waals surface area contributed by atoms with Gasteiger partial charge < -0.3 is 24.3 Å². The topological polar surface area (TPSA) is 100 Å². The number of dihydropyridines is 1. The van der Waals surface area contributed by atoms with Crippen molar-refractivity contribution >= 4 is 17.7 Å². The summed E-state index contributed by atoms with van der Waals surface area (Å²) in [5.41, 5.74) is 3.03. The molecule has 0 unspecified atom stereocenters. The van der Waals surface area contributed by atoms with E-state index in [4.69, 9.17) is 18.9 Å². The Morgan fingerprint density at radius 3 is 2.53 bits per heavy atom. The fraction of sp³-hybridized carbons (Fsp3) is 0.321. The van der Waals surface area contributed by atoms with Gasteiger partial charge in [-0.2, -0.15) is 0 Å². The first-order valence-corrected chi connectivity index (χ1v) is 11.8. The summed E-state index contributed by atoms with van der Waals surface area (Å²) in [4.78, 5) is 37.9. The Kier molecular flexibility index (Phi) is 7.73. The maximum atomic E-state index is 13.3. The van der Waals surface area contributed by atoms with Crippen LogP contribution in [0.15, 0.2) is 71.1 Å². The third kappa shape index (κ3) is 5.43. The third-order valence-corrected chi connectivity index (χ3v) is 6.10. The summed E-state index contributed by atoms with van der Waals surface area (Å²) in [7, 11) is 1.47. The molecular weight excluding hydrogens is 462 g/mol. The molecule has 1 aliphatic carbocycles. The van der Waals surface area contributed by atoms with Crippen molar-refractivity contribution in [3.8, 4) is 17.2 Å². The molecule has 0 saturated heterocycles. The van der Waals surface area contributed by atoms with E-state index in [0.717, 1.165) is 12.1 Å². The lowest BCUT2D eigenvalue weighted by atomic mass is 9.75. The van der Waals surface area contributed by atoms with Crippen molar-refractivity contribution in [2.45, 2.75) is 39.0 Å². The van der Waals surface area contributed by atoms with Gasteiger partial charge in [0.05, 0.1) is 12.7 Å². The molecule has 2 aromatic carbocycles. The number of para-hydroxylation sites is 1. The molecule has 8 heteroatoms. The standard InChI is InChI=1S/C28H29NO7/c1-17-25(28(32)35-15-14-34-20-8-5-4-6-9-20)26(27-21(29-17)10-7-11-22(27)31)19-12-13-23(36-18(2)30)24(16-19)33-3/h4-6,8-9,12-13,16,26,29H,7,10-11,14-15H2,1-3H3/t26-/m1/s1. The molecule has 1 aliphatic heterocycles. The third-order valence-electron chi connectivity index (χ3n) is 6.10. The summed E-state index contributed by atoms with van der Waals surface area (Å²) >= 11 is 0. The van der Waals surface area contributed by atoms with Crippen molar-refractivity contribution in [1.82, 2.24) is 5.32 Å². The fourth-order valence-electron chi connectivity index (χ4n) is 4.58. The van der Waals surface area contributed by atoms with E-state index in [2.05, 4.69) is 5.32 Å². The van der Waals surface area contributed by atoms with Gasteiger partial charge in [0.1, 0.15) is 19.0 Å². The number of carbonyl (C=O) groups excluding carboxylic acids is 3. The van der Waals surface area contributed by atoms with Gasteiger partial charge in [-0.15, -0.1) is 0 Å². The fourth-order valence-corrected chi connectivity index (χ4v) is 4.58. The Morgan fingerprint density at radius 1 is 1.03 bits per heavy atom. The second kappa shape index (κ2) is 11.1. The molecule has 36 heavy (non-hydrogen) atoms. The minimum Gasteiger partial charge on any atom is -0.493 e. The molecule has 0 fully saturated rings. The van der Waals surface area contributed by atoms with Crippen molar-refractivity contribution in [3.63, 3.8) is 0 Å². The first-order chi connectivity index (χ1) is 17.4. The number of carbonyl (C=O) groups is 3.